The maximum Gasteiger partial charge on any atom is 0.310 e. The van der Waals surface area contributed by atoms with Gasteiger partial charge in [0.2, 0.25) is 5.91 Å². The van der Waals surface area contributed by atoms with Crippen LogP contribution in [0.5, 0.6) is 0 Å². The number of nitrogens with one attached hydrogen (secondary N) is 1. The van der Waals surface area contributed by atoms with Gasteiger partial charge in [0, 0.05) is 12.3 Å². The molecule has 0 fully saturated rings. The molecule has 0 aliphatic rings. The van der Waals surface area contributed by atoms with E-state index in [9.17, 15) is 9.59 Å². The van der Waals surface area contributed by atoms with E-state index in [1.165, 1.54) is 22.9 Å². The van der Waals surface area contributed by atoms with Gasteiger partial charge in [0.1, 0.15) is 0 Å². The summed E-state index contributed by atoms with van der Waals surface area (Å²) in [6.07, 6.45) is 0. The molecule has 0 bridgehead atoms. The molecule has 0 aromatic heterocycles. The summed E-state index contributed by atoms with van der Waals surface area (Å²) in [5.74, 6) is 0.0705. The van der Waals surface area contributed by atoms with Gasteiger partial charge in [-0.05, 0) is 26.3 Å². The van der Waals surface area contributed by atoms with Crippen molar-refractivity contribution in [3.8, 4) is 0 Å². The summed E-state index contributed by atoms with van der Waals surface area (Å²) in [6, 6.07) is 8.19. The Balaban J connectivity index is 2.27. The lowest BCUT2D eigenvalue weighted by Gasteiger charge is -2.19. The number of carboxylic acids is 1. The summed E-state index contributed by atoms with van der Waals surface area (Å²) in [5, 5.41) is 11.6. The second kappa shape index (κ2) is 7.33. The first-order valence-corrected chi connectivity index (χ1v) is 7.60. The number of carbonyl (C=O) groups excluding carboxylic acids is 1. The van der Waals surface area contributed by atoms with Crippen LogP contribution in [0.4, 0.5) is 0 Å². The van der Waals surface area contributed by atoms with Crippen LogP contribution < -0.4 is 5.32 Å². The molecule has 5 heteroatoms. The molecule has 1 aromatic carbocycles. The molecule has 0 spiro atoms. The maximum atomic E-state index is 11.6. The van der Waals surface area contributed by atoms with Crippen molar-refractivity contribution < 1.29 is 14.7 Å². The highest BCUT2D eigenvalue weighted by Gasteiger charge is 2.27. The molecule has 2 N–H and O–H groups in total. The molecule has 0 saturated carbocycles. The predicted molar refractivity (Wildman–Crippen MR) is 81.8 cm³/mol. The van der Waals surface area contributed by atoms with E-state index in [0.29, 0.717) is 5.75 Å². The zero-order valence-corrected chi connectivity index (χ0v) is 12.9. The molecule has 110 valence electrons. The van der Waals surface area contributed by atoms with Crippen molar-refractivity contribution in [2.75, 3.05) is 12.3 Å². The number of hydrogen-bond acceptors (Lipinski definition) is 3. The van der Waals surface area contributed by atoms with E-state index < -0.39 is 11.4 Å². The minimum Gasteiger partial charge on any atom is -0.481 e. The Bertz CT molecular complexity index is 469. The highest BCUT2D eigenvalue weighted by Crippen LogP contribution is 2.14. The molecule has 0 heterocycles. The summed E-state index contributed by atoms with van der Waals surface area (Å²) in [4.78, 5) is 22.5. The van der Waals surface area contributed by atoms with Gasteiger partial charge < -0.3 is 10.4 Å². The van der Waals surface area contributed by atoms with Crippen LogP contribution in [0.2, 0.25) is 0 Å². The summed E-state index contributed by atoms with van der Waals surface area (Å²) in [7, 11) is 0. The van der Waals surface area contributed by atoms with Gasteiger partial charge >= 0.3 is 5.97 Å². The molecular weight excluding hydrogens is 274 g/mol. The monoisotopic (exact) mass is 295 g/mol. The number of hydrogen-bond donors (Lipinski definition) is 2. The quantitative estimate of drug-likeness (QED) is 0.811. The molecule has 0 radical (unpaired) electrons. The van der Waals surface area contributed by atoms with E-state index >= 15 is 0 Å². The van der Waals surface area contributed by atoms with Gasteiger partial charge in [-0.1, -0.05) is 29.8 Å². The molecule has 0 aliphatic carbocycles. The summed E-state index contributed by atoms with van der Waals surface area (Å²) >= 11 is 1.52. The molecular formula is C15H21NO3S. The van der Waals surface area contributed by atoms with Gasteiger partial charge in [-0.15, -0.1) is 11.8 Å². The van der Waals surface area contributed by atoms with Crippen LogP contribution in [-0.4, -0.2) is 29.3 Å². The van der Waals surface area contributed by atoms with Gasteiger partial charge in [0.15, 0.2) is 0 Å². The van der Waals surface area contributed by atoms with Gasteiger partial charge in [-0.25, -0.2) is 0 Å². The summed E-state index contributed by atoms with van der Waals surface area (Å²) < 4.78 is 0. The Hall–Kier alpha value is -1.49. The minimum absolute atomic E-state index is 0.128. The Labute approximate surface area is 124 Å². The number of aliphatic carboxylic acids is 1. The largest absolute Gasteiger partial charge is 0.481 e. The van der Waals surface area contributed by atoms with Crippen LogP contribution in [0.3, 0.4) is 0 Å². The maximum absolute atomic E-state index is 11.6. The summed E-state index contributed by atoms with van der Waals surface area (Å²) in [5.41, 5.74) is 1.46. The number of aryl methyl sites for hydroxylation is 1. The van der Waals surface area contributed by atoms with Gasteiger partial charge in [0.25, 0.3) is 0 Å². The Morgan fingerprint density at radius 2 is 1.85 bits per heavy atom. The van der Waals surface area contributed by atoms with Gasteiger partial charge in [-0.3, -0.25) is 9.59 Å². The predicted octanol–water partition coefficient (Wildman–Crippen LogP) is 2.46. The number of carboxylic acid groups (broad SMARTS) is 1. The van der Waals surface area contributed by atoms with Crippen LogP contribution in [0.15, 0.2) is 24.3 Å². The van der Waals surface area contributed by atoms with Crippen molar-refractivity contribution >= 4 is 23.6 Å². The Morgan fingerprint density at radius 1 is 1.25 bits per heavy atom. The van der Waals surface area contributed by atoms with E-state index in [0.717, 1.165) is 5.75 Å². The van der Waals surface area contributed by atoms with E-state index in [4.69, 9.17) is 5.11 Å². The number of amides is 1. The fourth-order valence-electron chi connectivity index (χ4n) is 1.39. The third-order valence-corrected chi connectivity index (χ3v) is 3.93. The first-order chi connectivity index (χ1) is 9.31. The molecule has 4 nitrogen and oxygen atoms in total. The molecule has 0 aliphatic heterocycles. The average molecular weight is 295 g/mol. The first kappa shape index (κ1) is 16.6. The molecule has 1 rings (SSSR count). The Kier molecular flexibility index (Phi) is 6.07. The van der Waals surface area contributed by atoms with Crippen molar-refractivity contribution in [1.82, 2.24) is 5.32 Å². The lowest BCUT2D eigenvalue weighted by Crippen LogP contribution is -2.39. The molecule has 1 aromatic rings. The van der Waals surface area contributed by atoms with Crippen molar-refractivity contribution in [3.05, 3.63) is 35.4 Å². The van der Waals surface area contributed by atoms with Gasteiger partial charge in [-0.2, -0.15) is 0 Å². The van der Waals surface area contributed by atoms with Crippen molar-refractivity contribution in [3.63, 3.8) is 0 Å². The smallest absolute Gasteiger partial charge is 0.310 e. The van der Waals surface area contributed by atoms with Crippen LogP contribution in [-0.2, 0) is 15.3 Å². The number of thioether (sulfide) groups is 1. The molecule has 20 heavy (non-hydrogen) atoms. The number of carbonyl (C=O) groups is 2. The standard InChI is InChI=1S/C15H21NO3S/c1-11-4-6-12(7-5-11)8-20-9-13(17)16-10-15(2,3)14(18)19/h4-7H,8-10H2,1-3H3,(H,16,17)(H,18,19). The highest BCUT2D eigenvalue weighted by atomic mass is 32.2. The van der Waals surface area contributed by atoms with Crippen molar-refractivity contribution in [1.29, 1.82) is 0 Å². The molecule has 0 atom stereocenters. The molecule has 1 amide bonds. The lowest BCUT2D eigenvalue weighted by atomic mass is 9.94. The van der Waals surface area contributed by atoms with Crippen LogP contribution >= 0.6 is 11.8 Å². The van der Waals surface area contributed by atoms with Crippen LogP contribution in [0.25, 0.3) is 0 Å². The third-order valence-electron chi connectivity index (χ3n) is 2.93. The second-order valence-corrected chi connectivity index (χ2v) is 6.43. The number of benzene rings is 1. The zero-order valence-electron chi connectivity index (χ0n) is 12.1. The minimum atomic E-state index is -0.933. The highest BCUT2D eigenvalue weighted by molar-refractivity contribution is 7.99. The first-order valence-electron chi connectivity index (χ1n) is 6.44. The lowest BCUT2D eigenvalue weighted by molar-refractivity contribution is -0.146. The normalized spacial score (nSPS) is 11.2. The van der Waals surface area contributed by atoms with Crippen LogP contribution in [0.1, 0.15) is 25.0 Å². The molecule has 0 saturated heterocycles. The number of rotatable bonds is 7. The van der Waals surface area contributed by atoms with E-state index in [2.05, 4.69) is 5.32 Å². The third kappa shape index (κ3) is 5.65. The fraction of sp³-hybridized carbons (Fsp3) is 0.467. The SMILES string of the molecule is Cc1ccc(CSCC(=O)NCC(C)(C)C(=O)O)cc1. The topological polar surface area (TPSA) is 66.4 Å². The summed E-state index contributed by atoms with van der Waals surface area (Å²) in [6.45, 7) is 5.37. The second-order valence-electron chi connectivity index (χ2n) is 5.44. The fourth-order valence-corrected chi connectivity index (χ4v) is 2.21. The zero-order chi connectivity index (χ0) is 15.2. The van der Waals surface area contributed by atoms with E-state index in [-0.39, 0.29) is 12.5 Å². The van der Waals surface area contributed by atoms with E-state index in [1.807, 2.05) is 31.2 Å². The molecule has 0 unspecified atom stereocenters. The van der Waals surface area contributed by atoms with Crippen molar-refractivity contribution in [2.24, 2.45) is 5.41 Å². The average Bonchev–Trinajstić information content (AvgIpc) is 2.39. The van der Waals surface area contributed by atoms with Gasteiger partial charge in [0.05, 0.1) is 11.2 Å². The van der Waals surface area contributed by atoms with E-state index in [1.54, 1.807) is 13.8 Å². The van der Waals surface area contributed by atoms with Crippen LogP contribution in [0, 0.1) is 12.3 Å². The van der Waals surface area contributed by atoms with Crippen molar-refractivity contribution in [2.45, 2.75) is 26.5 Å². The Morgan fingerprint density at radius 3 is 2.40 bits per heavy atom.